The minimum atomic E-state index is 0. The van der Waals surface area contributed by atoms with Gasteiger partial charge in [0.05, 0.1) is 6.04 Å². The first-order chi connectivity index (χ1) is 10.7. The maximum Gasteiger partial charge on any atom is 0.127 e. The van der Waals surface area contributed by atoms with Crippen molar-refractivity contribution in [3.05, 3.63) is 48.0 Å². The molecule has 2 heterocycles. The molecule has 126 valence electrons. The topological polar surface area (TPSA) is 42.3 Å². The Kier molecular flexibility index (Phi) is 6.45. The summed E-state index contributed by atoms with van der Waals surface area (Å²) >= 11 is 0. The van der Waals surface area contributed by atoms with Gasteiger partial charge >= 0.3 is 0 Å². The number of aryl methyl sites for hydroxylation is 2. The Morgan fingerprint density at radius 2 is 2.26 bits per heavy atom. The van der Waals surface area contributed by atoms with Crippen molar-refractivity contribution < 1.29 is 4.74 Å². The zero-order valence-corrected chi connectivity index (χ0v) is 14.6. The van der Waals surface area contributed by atoms with Gasteiger partial charge in [0.1, 0.15) is 18.2 Å². The largest absolute Gasteiger partial charge is 0.492 e. The molecule has 1 aliphatic rings. The predicted octanol–water partition coefficient (Wildman–Crippen LogP) is 2.18. The van der Waals surface area contributed by atoms with Crippen LogP contribution < -0.4 is 10.1 Å². The van der Waals surface area contributed by atoms with E-state index in [0.29, 0.717) is 12.6 Å². The zero-order chi connectivity index (χ0) is 15.4. The van der Waals surface area contributed by atoms with Gasteiger partial charge in [0.2, 0.25) is 0 Å². The zero-order valence-electron chi connectivity index (χ0n) is 13.7. The van der Waals surface area contributed by atoms with E-state index >= 15 is 0 Å². The molecule has 6 heteroatoms. The highest BCUT2D eigenvalue weighted by Crippen LogP contribution is 2.20. The molecule has 1 unspecified atom stereocenters. The van der Waals surface area contributed by atoms with Gasteiger partial charge in [-0.3, -0.25) is 4.90 Å². The van der Waals surface area contributed by atoms with E-state index in [4.69, 9.17) is 4.74 Å². The van der Waals surface area contributed by atoms with Gasteiger partial charge in [-0.2, -0.15) is 0 Å². The molecular formula is C17H25ClN4O. The van der Waals surface area contributed by atoms with Crippen LogP contribution >= 0.6 is 12.4 Å². The van der Waals surface area contributed by atoms with Crippen molar-refractivity contribution in [2.75, 3.05) is 32.8 Å². The molecule has 0 radical (unpaired) electrons. The third-order valence-corrected chi connectivity index (χ3v) is 4.15. The lowest BCUT2D eigenvalue weighted by Crippen LogP contribution is -2.48. The van der Waals surface area contributed by atoms with Crippen LogP contribution in [0, 0.1) is 6.92 Å². The molecular weight excluding hydrogens is 312 g/mol. The minimum absolute atomic E-state index is 0. The first kappa shape index (κ1) is 17.8. The SMILES string of the molecule is Cc1cccc(OCCN2CCNCC2c2nccn2C)c1.Cl. The number of rotatable bonds is 5. The van der Waals surface area contributed by atoms with Crippen LogP contribution in [-0.2, 0) is 7.05 Å². The molecule has 1 saturated heterocycles. The minimum Gasteiger partial charge on any atom is -0.492 e. The first-order valence-electron chi connectivity index (χ1n) is 7.85. The Labute approximate surface area is 144 Å². The molecule has 0 spiro atoms. The second-order valence-electron chi connectivity index (χ2n) is 5.82. The van der Waals surface area contributed by atoms with Crippen LogP contribution in [0.5, 0.6) is 5.75 Å². The molecule has 1 N–H and O–H groups in total. The van der Waals surface area contributed by atoms with E-state index in [2.05, 4.69) is 45.9 Å². The molecule has 0 saturated carbocycles. The molecule has 0 bridgehead atoms. The Balaban J connectivity index is 0.00000192. The van der Waals surface area contributed by atoms with Crippen LogP contribution in [-0.4, -0.2) is 47.2 Å². The fourth-order valence-electron chi connectivity index (χ4n) is 2.95. The average Bonchev–Trinajstić information content (AvgIpc) is 2.94. The molecule has 0 amide bonds. The standard InChI is InChI=1S/C17H24N4O.ClH/c1-14-4-3-5-15(12-14)22-11-10-21-9-6-18-13-16(21)17-19-7-8-20(17)2;/h3-5,7-8,12,16,18H,6,9-11,13H2,1-2H3;1H. The molecule has 1 fully saturated rings. The van der Waals surface area contributed by atoms with Gasteiger partial charge in [0.25, 0.3) is 0 Å². The van der Waals surface area contributed by atoms with Gasteiger partial charge in [-0.1, -0.05) is 12.1 Å². The van der Waals surface area contributed by atoms with Crippen molar-refractivity contribution in [2.24, 2.45) is 7.05 Å². The Morgan fingerprint density at radius 3 is 3.00 bits per heavy atom. The van der Waals surface area contributed by atoms with Crippen molar-refractivity contribution in [3.63, 3.8) is 0 Å². The van der Waals surface area contributed by atoms with Crippen LogP contribution in [0.3, 0.4) is 0 Å². The highest BCUT2D eigenvalue weighted by Gasteiger charge is 2.26. The van der Waals surface area contributed by atoms with Crippen molar-refractivity contribution in [3.8, 4) is 5.75 Å². The van der Waals surface area contributed by atoms with E-state index in [1.165, 1.54) is 5.56 Å². The van der Waals surface area contributed by atoms with Crippen LogP contribution in [0.1, 0.15) is 17.4 Å². The fraction of sp³-hybridized carbons (Fsp3) is 0.471. The van der Waals surface area contributed by atoms with Crippen molar-refractivity contribution >= 4 is 12.4 Å². The Hall–Kier alpha value is -1.56. The summed E-state index contributed by atoms with van der Waals surface area (Å²) in [5.41, 5.74) is 1.23. The predicted molar refractivity (Wildman–Crippen MR) is 94.3 cm³/mol. The van der Waals surface area contributed by atoms with Crippen molar-refractivity contribution in [2.45, 2.75) is 13.0 Å². The van der Waals surface area contributed by atoms with Gasteiger partial charge in [-0.25, -0.2) is 4.98 Å². The number of hydrogen-bond acceptors (Lipinski definition) is 4. The highest BCUT2D eigenvalue weighted by molar-refractivity contribution is 5.85. The number of imidazole rings is 1. The van der Waals surface area contributed by atoms with E-state index in [1.807, 2.05) is 24.5 Å². The molecule has 23 heavy (non-hydrogen) atoms. The van der Waals surface area contributed by atoms with Gasteiger partial charge in [0.15, 0.2) is 0 Å². The van der Waals surface area contributed by atoms with Gasteiger partial charge < -0.3 is 14.6 Å². The number of nitrogens with one attached hydrogen (secondary N) is 1. The maximum atomic E-state index is 5.90. The molecule has 1 aromatic carbocycles. The van der Waals surface area contributed by atoms with E-state index in [1.54, 1.807) is 0 Å². The maximum absolute atomic E-state index is 5.90. The number of hydrogen-bond donors (Lipinski definition) is 1. The lowest BCUT2D eigenvalue weighted by Gasteiger charge is -2.35. The molecule has 1 atom stereocenters. The summed E-state index contributed by atoms with van der Waals surface area (Å²) in [4.78, 5) is 6.96. The monoisotopic (exact) mass is 336 g/mol. The molecule has 3 rings (SSSR count). The van der Waals surface area contributed by atoms with E-state index < -0.39 is 0 Å². The lowest BCUT2D eigenvalue weighted by atomic mass is 10.2. The van der Waals surface area contributed by atoms with Gasteiger partial charge in [0, 0.05) is 45.6 Å². The van der Waals surface area contributed by atoms with E-state index in [-0.39, 0.29) is 12.4 Å². The van der Waals surface area contributed by atoms with Gasteiger partial charge in [-0.05, 0) is 24.6 Å². The van der Waals surface area contributed by atoms with Crippen LogP contribution in [0.2, 0.25) is 0 Å². The highest BCUT2D eigenvalue weighted by atomic mass is 35.5. The average molecular weight is 337 g/mol. The number of halogens is 1. The molecule has 1 aromatic heterocycles. The number of nitrogens with zero attached hydrogens (tertiary/aromatic N) is 3. The van der Waals surface area contributed by atoms with Gasteiger partial charge in [-0.15, -0.1) is 12.4 Å². The number of ether oxygens (including phenoxy) is 1. The Morgan fingerprint density at radius 1 is 1.39 bits per heavy atom. The Bertz CT molecular complexity index is 616. The molecule has 2 aromatic rings. The first-order valence-corrected chi connectivity index (χ1v) is 7.85. The van der Waals surface area contributed by atoms with Crippen molar-refractivity contribution in [1.29, 1.82) is 0 Å². The summed E-state index contributed by atoms with van der Waals surface area (Å²) in [6.07, 6.45) is 3.87. The van der Waals surface area contributed by atoms with E-state index in [0.717, 1.165) is 37.8 Å². The lowest BCUT2D eigenvalue weighted by molar-refractivity contribution is 0.127. The summed E-state index contributed by atoms with van der Waals surface area (Å²) < 4.78 is 8.00. The van der Waals surface area contributed by atoms with Crippen LogP contribution in [0.25, 0.3) is 0 Å². The summed E-state index contributed by atoms with van der Waals surface area (Å²) in [7, 11) is 2.05. The third kappa shape index (κ3) is 4.47. The summed E-state index contributed by atoms with van der Waals surface area (Å²) in [6.45, 7) is 6.67. The summed E-state index contributed by atoms with van der Waals surface area (Å²) in [5, 5.41) is 3.46. The second-order valence-corrected chi connectivity index (χ2v) is 5.82. The van der Waals surface area contributed by atoms with Crippen LogP contribution in [0.15, 0.2) is 36.7 Å². The molecule has 5 nitrogen and oxygen atoms in total. The van der Waals surface area contributed by atoms with Crippen LogP contribution in [0.4, 0.5) is 0 Å². The molecule has 1 aliphatic heterocycles. The molecule has 0 aliphatic carbocycles. The smallest absolute Gasteiger partial charge is 0.127 e. The summed E-state index contributed by atoms with van der Waals surface area (Å²) in [5.74, 6) is 2.06. The second kappa shape index (κ2) is 8.34. The number of piperazine rings is 1. The normalized spacial score (nSPS) is 18.4. The van der Waals surface area contributed by atoms with E-state index in [9.17, 15) is 0 Å². The number of benzene rings is 1. The number of aromatic nitrogens is 2. The van der Waals surface area contributed by atoms with Crippen molar-refractivity contribution in [1.82, 2.24) is 19.8 Å². The quantitative estimate of drug-likeness (QED) is 0.908. The third-order valence-electron chi connectivity index (χ3n) is 4.15. The summed E-state index contributed by atoms with van der Waals surface area (Å²) in [6, 6.07) is 8.52. The fourth-order valence-corrected chi connectivity index (χ4v) is 2.95.